The van der Waals surface area contributed by atoms with E-state index in [1.54, 1.807) is 0 Å². The molecule has 0 aromatic heterocycles. The van der Waals surface area contributed by atoms with Crippen LogP contribution in [0, 0.1) is 5.92 Å². The van der Waals surface area contributed by atoms with E-state index in [9.17, 15) is 16.8 Å². The molecule has 0 atom stereocenters. The number of likely N-dealkylation sites (N-methyl/N-ethyl adjacent to an activating group) is 1. The Morgan fingerprint density at radius 2 is 1.07 bits per heavy atom. The summed E-state index contributed by atoms with van der Waals surface area (Å²) >= 11 is 0. The number of likely N-dealkylation sites (tertiary alicyclic amines) is 2. The van der Waals surface area contributed by atoms with Crippen molar-refractivity contribution >= 4 is 31.4 Å². The topological polar surface area (TPSA) is 117 Å². The highest BCUT2D eigenvalue weighted by Gasteiger charge is 2.34. The van der Waals surface area contributed by atoms with Gasteiger partial charge in [0.05, 0.1) is 11.4 Å². The van der Waals surface area contributed by atoms with Crippen LogP contribution < -0.4 is 19.7 Å². The molecule has 0 amide bonds. The highest BCUT2D eigenvalue weighted by atomic mass is 32.2. The number of hydrogen-bond donors (Lipinski definition) is 3. The number of nitrogens with one attached hydrogen (secondary N) is 3. The molecule has 4 fully saturated rings. The van der Waals surface area contributed by atoms with E-state index in [1.165, 1.54) is 36.5 Å². The average molecular weight is 820 g/mol. The van der Waals surface area contributed by atoms with Crippen molar-refractivity contribution in [2.75, 3.05) is 89.3 Å². The van der Waals surface area contributed by atoms with Crippen molar-refractivity contribution in [3.8, 4) is 0 Å². The summed E-state index contributed by atoms with van der Waals surface area (Å²) in [5.41, 5.74) is 3.68. The van der Waals surface area contributed by atoms with Gasteiger partial charge >= 0.3 is 0 Å². The molecule has 312 valence electrons. The monoisotopic (exact) mass is 819 g/mol. The molecule has 1 aliphatic carbocycles. The van der Waals surface area contributed by atoms with E-state index in [0.717, 1.165) is 78.0 Å². The molecule has 3 aromatic carbocycles. The van der Waals surface area contributed by atoms with Crippen LogP contribution in [0.5, 0.6) is 0 Å². The van der Waals surface area contributed by atoms with Crippen LogP contribution in [0.15, 0.2) is 82.6 Å². The Hall–Kier alpha value is -3.04. The first-order valence-corrected chi connectivity index (χ1v) is 24.5. The Morgan fingerprint density at radius 1 is 0.579 bits per heavy atom. The van der Waals surface area contributed by atoms with Gasteiger partial charge < -0.3 is 24.9 Å². The smallest absolute Gasteiger partial charge is 0.242 e. The van der Waals surface area contributed by atoms with Gasteiger partial charge in [0, 0.05) is 57.9 Å². The third-order valence-corrected chi connectivity index (χ3v) is 15.8. The van der Waals surface area contributed by atoms with Gasteiger partial charge in [0.2, 0.25) is 20.0 Å². The zero-order valence-corrected chi connectivity index (χ0v) is 35.6. The van der Waals surface area contributed by atoms with Gasteiger partial charge in [0.15, 0.2) is 0 Å². The van der Waals surface area contributed by atoms with Crippen LogP contribution in [-0.2, 0) is 32.9 Å². The van der Waals surface area contributed by atoms with E-state index in [2.05, 4.69) is 89.9 Å². The number of piperazine rings is 1. The van der Waals surface area contributed by atoms with Crippen molar-refractivity contribution in [3.05, 3.63) is 83.9 Å². The van der Waals surface area contributed by atoms with Crippen LogP contribution in [-0.4, -0.2) is 123 Å². The summed E-state index contributed by atoms with van der Waals surface area (Å²) < 4.78 is 64.4. The number of anilines is 2. The average Bonchev–Trinajstić information content (AvgIpc) is 3.23. The Kier molecular flexibility index (Phi) is 14.6. The van der Waals surface area contributed by atoms with Crippen LogP contribution in [0.4, 0.5) is 11.4 Å². The van der Waals surface area contributed by atoms with Gasteiger partial charge in [-0.3, -0.25) is 0 Å². The molecule has 0 radical (unpaired) electrons. The second-order valence-electron chi connectivity index (χ2n) is 16.9. The number of hydrogen-bond acceptors (Lipinski definition) is 9. The minimum atomic E-state index is -4.08. The van der Waals surface area contributed by atoms with Gasteiger partial charge in [-0.2, -0.15) is 0 Å². The summed E-state index contributed by atoms with van der Waals surface area (Å²) in [6.07, 6.45) is 10.6. The molecule has 3 saturated heterocycles. The standard InChI is InChI=1S/C44H65N7O4S2/c1-48-29-31-51(32-30-48)42-33-41(45-35-38-15-9-4-10-16-38)43(56(52,53)46-39-19-25-49(26-20-39)23-17-36-11-5-2-6-12-36)34-44(42)57(54,55)47-40-21-27-50(28-22-40)24-18-37-13-7-3-8-14-37/h2-3,5-8,11-14,33-34,38-40,45-47H,4,9-10,15-32,35H2,1H3. The zero-order chi connectivity index (χ0) is 39.7. The van der Waals surface area contributed by atoms with Crippen LogP contribution in [0.25, 0.3) is 0 Å². The van der Waals surface area contributed by atoms with Gasteiger partial charge in [-0.25, -0.2) is 26.3 Å². The predicted octanol–water partition coefficient (Wildman–Crippen LogP) is 5.40. The van der Waals surface area contributed by atoms with Gasteiger partial charge in [-0.05, 0) is 114 Å². The van der Waals surface area contributed by atoms with Crippen LogP contribution in [0.2, 0.25) is 0 Å². The molecule has 0 spiro atoms. The molecule has 0 bridgehead atoms. The van der Waals surface area contributed by atoms with E-state index in [4.69, 9.17) is 0 Å². The van der Waals surface area contributed by atoms with Crippen LogP contribution in [0.1, 0.15) is 68.9 Å². The quantitative estimate of drug-likeness (QED) is 0.175. The predicted molar refractivity (Wildman–Crippen MR) is 231 cm³/mol. The molecule has 3 heterocycles. The molecule has 3 aromatic rings. The fourth-order valence-corrected chi connectivity index (χ4v) is 12.2. The first kappa shape index (κ1) is 42.1. The molecule has 4 aliphatic rings. The lowest BCUT2D eigenvalue weighted by molar-refractivity contribution is 0.209. The van der Waals surface area contributed by atoms with E-state index < -0.39 is 20.0 Å². The molecule has 13 heteroatoms. The Labute approximate surface area is 342 Å². The number of sulfonamides is 2. The lowest BCUT2D eigenvalue weighted by Gasteiger charge is -2.36. The summed E-state index contributed by atoms with van der Waals surface area (Å²) in [6.45, 7) is 8.69. The third kappa shape index (κ3) is 11.8. The minimum Gasteiger partial charge on any atom is -0.384 e. The second kappa shape index (κ2) is 19.8. The fourth-order valence-electron chi connectivity index (χ4n) is 9.04. The normalized spacial score (nSPS) is 20.5. The molecular weight excluding hydrogens is 755 g/mol. The molecule has 3 aliphatic heterocycles. The largest absolute Gasteiger partial charge is 0.384 e. The minimum absolute atomic E-state index is 0.0267. The molecule has 11 nitrogen and oxygen atoms in total. The van der Waals surface area contributed by atoms with Crippen LogP contribution >= 0.6 is 0 Å². The van der Waals surface area contributed by atoms with Crippen molar-refractivity contribution in [1.29, 1.82) is 0 Å². The van der Waals surface area contributed by atoms with E-state index in [1.807, 2.05) is 18.2 Å². The zero-order valence-electron chi connectivity index (χ0n) is 34.0. The van der Waals surface area contributed by atoms with Gasteiger partial charge in [-0.15, -0.1) is 0 Å². The number of piperidine rings is 2. The Morgan fingerprint density at radius 3 is 1.58 bits per heavy atom. The Bertz CT molecular complexity index is 1920. The SMILES string of the molecule is CN1CCN(c2cc(NCC3CCCCC3)c(S(=O)(=O)NC3CCN(CCc4ccccc4)CC3)cc2S(=O)(=O)NC2CCN(CCc3ccccc3)CC2)CC1. The maximum absolute atomic E-state index is 14.6. The van der Waals surface area contributed by atoms with Crippen molar-refractivity contribution in [2.24, 2.45) is 5.92 Å². The maximum atomic E-state index is 14.6. The first-order chi connectivity index (χ1) is 27.6. The van der Waals surface area contributed by atoms with Crippen molar-refractivity contribution in [1.82, 2.24) is 24.1 Å². The maximum Gasteiger partial charge on any atom is 0.242 e. The molecule has 3 N–H and O–H groups in total. The molecular formula is C44H65N7O4S2. The summed E-state index contributed by atoms with van der Waals surface area (Å²) in [6, 6.07) is 23.8. The van der Waals surface area contributed by atoms with Gasteiger partial charge in [-0.1, -0.05) is 79.9 Å². The van der Waals surface area contributed by atoms with E-state index >= 15 is 0 Å². The summed E-state index contributed by atoms with van der Waals surface area (Å²) in [4.78, 5) is 9.26. The number of benzene rings is 3. The lowest BCUT2D eigenvalue weighted by Crippen LogP contribution is -2.47. The first-order valence-electron chi connectivity index (χ1n) is 21.5. The lowest BCUT2D eigenvalue weighted by atomic mass is 9.89. The summed E-state index contributed by atoms with van der Waals surface area (Å²) in [5, 5.41) is 3.56. The summed E-state index contributed by atoms with van der Waals surface area (Å²) in [7, 11) is -6.08. The molecule has 7 rings (SSSR count). The highest BCUT2D eigenvalue weighted by Crippen LogP contribution is 2.36. The molecule has 57 heavy (non-hydrogen) atoms. The second-order valence-corrected chi connectivity index (χ2v) is 20.3. The highest BCUT2D eigenvalue weighted by molar-refractivity contribution is 7.90. The van der Waals surface area contributed by atoms with Crippen LogP contribution in [0.3, 0.4) is 0 Å². The summed E-state index contributed by atoms with van der Waals surface area (Å²) in [5.74, 6) is 0.457. The van der Waals surface area contributed by atoms with Gasteiger partial charge in [0.25, 0.3) is 0 Å². The molecule has 1 saturated carbocycles. The van der Waals surface area contributed by atoms with Crippen molar-refractivity contribution in [3.63, 3.8) is 0 Å². The van der Waals surface area contributed by atoms with Crippen molar-refractivity contribution < 1.29 is 16.8 Å². The van der Waals surface area contributed by atoms with E-state index in [0.29, 0.717) is 62.6 Å². The van der Waals surface area contributed by atoms with Crippen molar-refractivity contribution in [2.45, 2.75) is 92.5 Å². The third-order valence-electron chi connectivity index (χ3n) is 12.7. The fraction of sp³-hybridized carbons (Fsp3) is 0.591. The number of rotatable bonds is 16. The van der Waals surface area contributed by atoms with E-state index in [-0.39, 0.29) is 21.9 Å². The molecule has 0 unspecified atom stereocenters. The van der Waals surface area contributed by atoms with Gasteiger partial charge in [0.1, 0.15) is 9.79 Å². The number of nitrogens with zero attached hydrogens (tertiary/aromatic N) is 4. The Balaban J connectivity index is 1.10.